The van der Waals surface area contributed by atoms with E-state index in [1.807, 2.05) is 0 Å². The highest BCUT2D eigenvalue weighted by Gasteiger charge is 2.14. The summed E-state index contributed by atoms with van der Waals surface area (Å²) in [6.07, 6.45) is 5.11. The molecule has 0 aliphatic heterocycles. The van der Waals surface area contributed by atoms with E-state index in [4.69, 9.17) is 27.9 Å². The molecule has 10 heteroatoms. The lowest BCUT2D eigenvalue weighted by Gasteiger charge is -2.09. The molecular weight excluding hydrogens is 433 g/mol. The third-order valence-corrected chi connectivity index (χ3v) is 5.29. The Hall–Kier alpha value is -2.94. The van der Waals surface area contributed by atoms with Gasteiger partial charge in [0, 0.05) is 24.1 Å². The summed E-state index contributed by atoms with van der Waals surface area (Å²) >= 11 is 13.1. The average Bonchev–Trinajstić information content (AvgIpc) is 3.32. The van der Waals surface area contributed by atoms with E-state index in [0.29, 0.717) is 43.2 Å². The van der Waals surface area contributed by atoms with Crippen LogP contribution in [-0.4, -0.2) is 25.4 Å². The molecule has 7 nitrogen and oxygen atoms in total. The molecule has 0 aliphatic rings. The van der Waals surface area contributed by atoms with Crippen LogP contribution in [0, 0.1) is 6.92 Å². The Morgan fingerprint density at radius 1 is 1.17 bits per heavy atom. The van der Waals surface area contributed by atoms with E-state index >= 15 is 0 Å². The number of aryl methyl sites for hydroxylation is 1. The van der Waals surface area contributed by atoms with Crippen molar-refractivity contribution in [2.24, 2.45) is 0 Å². The van der Waals surface area contributed by atoms with Crippen molar-refractivity contribution in [2.45, 2.75) is 6.92 Å². The van der Waals surface area contributed by atoms with Crippen LogP contribution in [0.1, 0.15) is 16.2 Å². The first-order chi connectivity index (χ1) is 14.0. The Labute approximate surface area is 179 Å². The van der Waals surface area contributed by atoms with Crippen LogP contribution < -0.4 is 10.1 Å². The predicted octanol–water partition coefficient (Wildman–Crippen LogP) is 5.38. The van der Waals surface area contributed by atoms with E-state index in [9.17, 15) is 4.79 Å². The van der Waals surface area contributed by atoms with Crippen molar-refractivity contribution in [1.29, 1.82) is 0 Å². The molecule has 0 saturated heterocycles. The van der Waals surface area contributed by atoms with Crippen LogP contribution in [0.25, 0.3) is 5.82 Å². The third kappa shape index (κ3) is 4.56. The van der Waals surface area contributed by atoms with Crippen molar-refractivity contribution >= 4 is 46.1 Å². The van der Waals surface area contributed by atoms with Gasteiger partial charge in [-0.1, -0.05) is 23.2 Å². The molecule has 0 atom stereocenters. The minimum atomic E-state index is -0.330. The Bertz CT molecular complexity index is 1160. The molecular formula is C19H13Cl2N5O2S. The lowest BCUT2D eigenvalue weighted by atomic mass is 10.2. The molecule has 0 unspecified atom stereocenters. The van der Waals surface area contributed by atoms with Crippen LogP contribution in [0.5, 0.6) is 11.6 Å². The Morgan fingerprint density at radius 3 is 2.62 bits per heavy atom. The van der Waals surface area contributed by atoms with Gasteiger partial charge in [0.25, 0.3) is 5.91 Å². The van der Waals surface area contributed by atoms with Gasteiger partial charge in [-0.3, -0.25) is 9.36 Å². The average molecular weight is 446 g/mol. The second kappa shape index (κ2) is 8.20. The first-order valence-corrected chi connectivity index (χ1v) is 9.93. The Morgan fingerprint density at radius 2 is 1.97 bits per heavy atom. The molecule has 0 fully saturated rings. The summed E-state index contributed by atoms with van der Waals surface area (Å²) in [6, 6.07) is 10.2. The van der Waals surface area contributed by atoms with Gasteiger partial charge in [-0.15, -0.1) is 11.3 Å². The van der Waals surface area contributed by atoms with Crippen molar-refractivity contribution in [3.63, 3.8) is 0 Å². The van der Waals surface area contributed by atoms with Gasteiger partial charge in [-0.05, 0) is 37.3 Å². The molecule has 1 aromatic carbocycles. The maximum Gasteiger partial charge on any atom is 0.258 e. The molecule has 0 aliphatic carbocycles. The number of carbonyl (C=O) groups excluding carboxylic acids is 1. The SMILES string of the molecule is Cc1nc(Oc2ccc(NC(=O)c3cc(Cl)sc3Cl)cc2)cc(-n2ccnc2)n1. The number of amides is 1. The fourth-order valence-electron chi connectivity index (χ4n) is 2.52. The fraction of sp³-hybridized carbons (Fsp3) is 0.0526. The van der Waals surface area contributed by atoms with Crippen molar-refractivity contribution in [3.8, 4) is 17.4 Å². The number of carbonyl (C=O) groups is 1. The van der Waals surface area contributed by atoms with E-state index in [1.165, 1.54) is 6.07 Å². The van der Waals surface area contributed by atoms with Crippen molar-refractivity contribution in [2.75, 3.05) is 5.32 Å². The van der Waals surface area contributed by atoms with Gasteiger partial charge in [-0.2, -0.15) is 4.98 Å². The van der Waals surface area contributed by atoms with Crippen LogP contribution in [0.4, 0.5) is 5.69 Å². The zero-order valence-corrected chi connectivity index (χ0v) is 17.3. The maximum absolute atomic E-state index is 12.3. The molecule has 1 N–H and O–H groups in total. The minimum absolute atomic E-state index is 0.330. The summed E-state index contributed by atoms with van der Waals surface area (Å²) in [7, 11) is 0. The van der Waals surface area contributed by atoms with E-state index in [2.05, 4.69) is 20.3 Å². The monoisotopic (exact) mass is 445 g/mol. The predicted molar refractivity (Wildman–Crippen MR) is 113 cm³/mol. The van der Waals surface area contributed by atoms with Gasteiger partial charge in [-0.25, -0.2) is 9.97 Å². The molecule has 0 radical (unpaired) electrons. The zero-order valence-electron chi connectivity index (χ0n) is 15.0. The molecule has 4 rings (SSSR count). The summed E-state index contributed by atoms with van der Waals surface area (Å²) in [5, 5.41) is 2.77. The molecule has 0 saturated carbocycles. The van der Waals surface area contributed by atoms with Crippen LogP contribution in [0.2, 0.25) is 8.67 Å². The summed E-state index contributed by atoms with van der Waals surface area (Å²) in [5.41, 5.74) is 0.934. The zero-order chi connectivity index (χ0) is 20.4. The normalized spacial score (nSPS) is 10.7. The van der Waals surface area contributed by atoms with E-state index < -0.39 is 0 Å². The van der Waals surface area contributed by atoms with E-state index in [1.54, 1.807) is 60.5 Å². The summed E-state index contributed by atoms with van der Waals surface area (Å²) in [4.78, 5) is 25.0. The second-order valence-electron chi connectivity index (χ2n) is 5.90. The quantitative estimate of drug-likeness (QED) is 0.445. The molecule has 3 heterocycles. The van der Waals surface area contributed by atoms with Gasteiger partial charge in [0.05, 0.1) is 9.90 Å². The molecule has 1 amide bonds. The Balaban J connectivity index is 1.47. The largest absolute Gasteiger partial charge is 0.439 e. The standard InChI is InChI=1S/C19H13Cl2N5O2S/c1-11-23-16(26-7-6-22-10-26)9-17(24-11)28-13-4-2-12(3-5-13)25-19(27)14-8-15(20)29-18(14)21/h2-10H,1H3,(H,25,27). The number of halogens is 2. The number of aromatic nitrogens is 4. The van der Waals surface area contributed by atoms with Gasteiger partial charge in [0.1, 0.15) is 28.1 Å². The summed E-state index contributed by atoms with van der Waals surface area (Å²) in [5.74, 6) is 1.86. The number of thiophene rings is 1. The van der Waals surface area contributed by atoms with Gasteiger partial charge >= 0.3 is 0 Å². The van der Waals surface area contributed by atoms with Crippen molar-refractivity contribution < 1.29 is 9.53 Å². The fourth-order valence-corrected chi connectivity index (χ4v) is 3.98. The lowest BCUT2D eigenvalue weighted by Crippen LogP contribution is -2.11. The number of imidazole rings is 1. The second-order valence-corrected chi connectivity index (χ2v) is 8.19. The van der Waals surface area contributed by atoms with Gasteiger partial charge < -0.3 is 10.1 Å². The topological polar surface area (TPSA) is 81.9 Å². The summed E-state index contributed by atoms with van der Waals surface area (Å²) < 4.78 is 8.40. The van der Waals surface area contributed by atoms with Crippen LogP contribution in [0.15, 0.2) is 55.1 Å². The maximum atomic E-state index is 12.3. The molecule has 3 aromatic heterocycles. The first-order valence-electron chi connectivity index (χ1n) is 8.36. The van der Waals surface area contributed by atoms with Crippen molar-refractivity contribution in [3.05, 3.63) is 75.2 Å². The van der Waals surface area contributed by atoms with Crippen LogP contribution >= 0.6 is 34.5 Å². The Kier molecular flexibility index (Phi) is 5.48. The number of anilines is 1. The number of rotatable bonds is 5. The molecule has 4 aromatic rings. The number of ether oxygens (including phenoxy) is 1. The lowest BCUT2D eigenvalue weighted by molar-refractivity contribution is 0.102. The number of hydrogen-bond donors (Lipinski definition) is 1. The highest BCUT2D eigenvalue weighted by Crippen LogP contribution is 2.32. The van der Waals surface area contributed by atoms with E-state index in [0.717, 1.165) is 11.3 Å². The highest BCUT2D eigenvalue weighted by molar-refractivity contribution is 7.20. The number of benzene rings is 1. The molecule has 29 heavy (non-hydrogen) atoms. The number of nitrogens with zero attached hydrogens (tertiary/aromatic N) is 4. The smallest absolute Gasteiger partial charge is 0.258 e. The van der Waals surface area contributed by atoms with Crippen LogP contribution in [0.3, 0.4) is 0 Å². The van der Waals surface area contributed by atoms with Gasteiger partial charge in [0.15, 0.2) is 0 Å². The number of hydrogen-bond acceptors (Lipinski definition) is 6. The minimum Gasteiger partial charge on any atom is -0.439 e. The van der Waals surface area contributed by atoms with Crippen molar-refractivity contribution in [1.82, 2.24) is 19.5 Å². The van der Waals surface area contributed by atoms with Gasteiger partial charge in [0.2, 0.25) is 5.88 Å². The third-order valence-electron chi connectivity index (χ3n) is 3.81. The van der Waals surface area contributed by atoms with Crippen LogP contribution in [-0.2, 0) is 0 Å². The molecule has 146 valence electrons. The molecule has 0 bridgehead atoms. The highest BCUT2D eigenvalue weighted by atomic mass is 35.5. The molecule has 0 spiro atoms. The first kappa shape index (κ1) is 19.4. The number of nitrogens with one attached hydrogen (secondary N) is 1. The summed E-state index contributed by atoms with van der Waals surface area (Å²) in [6.45, 7) is 1.79. The van der Waals surface area contributed by atoms with E-state index in [-0.39, 0.29) is 5.91 Å².